The van der Waals surface area contributed by atoms with Gasteiger partial charge in [-0.2, -0.15) is 13.2 Å². The summed E-state index contributed by atoms with van der Waals surface area (Å²) < 4.78 is 39.3. The molecule has 0 bridgehead atoms. The van der Waals surface area contributed by atoms with Crippen LogP contribution in [0.3, 0.4) is 0 Å². The van der Waals surface area contributed by atoms with E-state index in [-0.39, 0.29) is 17.9 Å². The van der Waals surface area contributed by atoms with Crippen molar-refractivity contribution in [3.63, 3.8) is 0 Å². The fourth-order valence-corrected chi connectivity index (χ4v) is 2.84. The monoisotopic (exact) mass is 414 g/mol. The van der Waals surface area contributed by atoms with Crippen LogP contribution >= 0.6 is 0 Å². The molecule has 0 radical (unpaired) electrons. The summed E-state index contributed by atoms with van der Waals surface area (Å²) in [7, 11) is 0. The average molecular weight is 414 g/mol. The number of benzene rings is 2. The molecule has 1 heterocycles. The molecule has 0 saturated heterocycles. The summed E-state index contributed by atoms with van der Waals surface area (Å²) in [6.45, 7) is 1.41. The molecule has 8 heteroatoms. The zero-order valence-electron chi connectivity index (χ0n) is 15.9. The largest absolute Gasteiger partial charge is 0.416 e. The third-order valence-electron chi connectivity index (χ3n) is 4.43. The number of amides is 1. The molecule has 30 heavy (non-hydrogen) atoms. The van der Waals surface area contributed by atoms with E-state index in [1.807, 2.05) is 0 Å². The van der Waals surface area contributed by atoms with E-state index >= 15 is 0 Å². The van der Waals surface area contributed by atoms with Crippen LogP contribution < -0.4 is 10.9 Å². The lowest BCUT2D eigenvalue weighted by molar-refractivity contribution is -0.137. The summed E-state index contributed by atoms with van der Waals surface area (Å²) in [5, 5.41) is 2.58. The minimum atomic E-state index is -4.44. The van der Waals surface area contributed by atoms with Gasteiger partial charge in [-0.25, -0.2) is 0 Å². The van der Waals surface area contributed by atoms with E-state index < -0.39 is 23.2 Å². The van der Waals surface area contributed by atoms with Gasteiger partial charge in [0.25, 0.3) is 11.5 Å². The number of rotatable bonds is 5. The van der Waals surface area contributed by atoms with Crippen LogP contribution in [0.2, 0.25) is 0 Å². The summed E-state index contributed by atoms with van der Waals surface area (Å²) in [6.07, 6.45) is -2.99. The van der Waals surface area contributed by atoms with Gasteiger partial charge in [0, 0.05) is 17.4 Å². The van der Waals surface area contributed by atoms with Gasteiger partial charge in [0.1, 0.15) is 5.56 Å². The maximum absolute atomic E-state index is 12.7. The number of nitrogens with one attached hydrogen (secondary N) is 1. The summed E-state index contributed by atoms with van der Waals surface area (Å²) in [4.78, 5) is 36.7. The highest BCUT2D eigenvalue weighted by Gasteiger charge is 2.29. The number of ketones is 1. The van der Waals surface area contributed by atoms with Crippen molar-refractivity contribution in [1.29, 1.82) is 0 Å². The number of halogens is 3. The van der Waals surface area contributed by atoms with Crippen LogP contribution in [0.4, 0.5) is 18.9 Å². The van der Waals surface area contributed by atoms with Crippen molar-refractivity contribution in [3.8, 4) is 0 Å². The highest BCUT2D eigenvalue weighted by atomic mass is 19.4. The van der Waals surface area contributed by atoms with Gasteiger partial charge >= 0.3 is 6.18 Å². The Morgan fingerprint density at radius 2 is 1.70 bits per heavy atom. The number of carbonyl (C=O) groups excluding carboxylic acids is 2. The molecular formula is C22H17F3N2O3. The van der Waals surface area contributed by atoms with E-state index in [1.165, 1.54) is 48.0 Å². The van der Waals surface area contributed by atoms with Crippen LogP contribution in [0, 0.1) is 0 Å². The molecule has 1 N–H and O–H groups in total. The molecule has 1 amide bonds. The molecule has 0 aliphatic heterocycles. The lowest BCUT2D eigenvalue weighted by Gasteiger charge is -2.11. The number of pyridine rings is 1. The maximum atomic E-state index is 12.7. The topological polar surface area (TPSA) is 68.2 Å². The van der Waals surface area contributed by atoms with Crippen LogP contribution in [0.25, 0.3) is 0 Å². The number of nitrogens with zero attached hydrogens (tertiary/aromatic N) is 1. The third kappa shape index (κ3) is 4.83. The predicted octanol–water partition coefficient (Wildman–Crippen LogP) is 4.37. The van der Waals surface area contributed by atoms with Gasteiger partial charge in [-0.15, -0.1) is 0 Å². The molecule has 154 valence electrons. The van der Waals surface area contributed by atoms with E-state index in [2.05, 4.69) is 5.32 Å². The number of hydrogen-bond donors (Lipinski definition) is 1. The first-order valence-corrected chi connectivity index (χ1v) is 8.93. The van der Waals surface area contributed by atoms with E-state index in [9.17, 15) is 27.6 Å². The summed E-state index contributed by atoms with van der Waals surface area (Å²) >= 11 is 0. The number of carbonyl (C=O) groups is 2. The van der Waals surface area contributed by atoms with Gasteiger partial charge < -0.3 is 9.88 Å². The maximum Gasteiger partial charge on any atom is 0.416 e. The van der Waals surface area contributed by atoms with Crippen molar-refractivity contribution in [3.05, 3.63) is 99.5 Å². The van der Waals surface area contributed by atoms with Crippen molar-refractivity contribution in [2.75, 3.05) is 5.32 Å². The summed E-state index contributed by atoms with van der Waals surface area (Å²) in [5.41, 5.74) is -0.225. The second-order valence-corrected chi connectivity index (χ2v) is 6.64. The quantitative estimate of drug-likeness (QED) is 0.631. The highest BCUT2D eigenvalue weighted by Crippen LogP contribution is 2.29. The Bertz CT molecular complexity index is 1150. The van der Waals surface area contributed by atoms with Gasteiger partial charge in [-0.3, -0.25) is 14.4 Å². The second-order valence-electron chi connectivity index (χ2n) is 6.64. The SMILES string of the molecule is CC(=O)c1cccc(NC(=O)c2cccn(Cc3ccc(C(F)(F)F)cc3)c2=O)c1. The molecule has 0 saturated carbocycles. The molecule has 5 nitrogen and oxygen atoms in total. The number of alkyl halides is 3. The zero-order valence-corrected chi connectivity index (χ0v) is 15.9. The lowest BCUT2D eigenvalue weighted by atomic mass is 10.1. The smallest absolute Gasteiger partial charge is 0.322 e. The Balaban J connectivity index is 1.81. The Morgan fingerprint density at radius 3 is 2.33 bits per heavy atom. The molecule has 2 aromatic carbocycles. The van der Waals surface area contributed by atoms with Crippen molar-refractivity contribution in [2.45, 2.75) is 19.6 Å². The van der Waals surface area contributed by atoms with Gasteiger partial charge in [0.2, 0.25) is 0 Å². The predicted molar refractivity (Wildman–Crippen MR) is 106 cm³/mol. The number of aromatic nitrogens is 1. The summed E-state index contributed by atoms with van der Waals surface area (Å²) in [5.74, 6) is -0.813. The number of hydrogen-bond acceptors (Lipinski definition) is 3. The number of Topliss-reactive ketones (excluding diaryl/α,β-unsaturated/α-hetero) is 1. The Labute approximate surface area is 169 Å². The molecule has 0 aliphatic carbocycles. The van der Waals surface area contributed by atoms with Crippen LogP contribution in [-0.4, -0.2) is 16.3 Å². The highest BCUT2D eigenvalue weighted by molar-refractivity contribution is 6.04. The van der Waals surface area contributed by atoms with E-state index in [4.69, 9.17) is 0 Å². The van der Waals surface area contributed by atoms with Crippen molar-refractivity contribution in [2.24, 2.45) is 0 Å². The van der Waals surface area contributed by atoms with Crippen LogP contribution in [0.15, 0.2) is 71.7 Å². The summed E-state index contributed by atoms with van der Waals surface area (Å²) in [6, 6.07) is 13.6. The van der Waals surface area contributed by atoms with Gasteiger partial charge in [-0.1, -0.05) is 24.3 Å². The average Bonchev–Trinajstić information content (AvgIpc) is 2.69. The van der Waals surface area contributed by atoms with Crippen molar-refractivity contribution in [1.82, 2.24) is 4.57 Å². The molecular weight excluding hydrogens is 397 g/mol. The molecule has 0 spiro atoms. The molecule has 0 atom stereocenters. The van der Waals surface area contributed by atoms with Crippen LogP contribution in [0.1, 0.15) is 38.8 Å². The fraction of sp³-hybridized carbons (Fsp3) is 0.136. The van der Waals surface area contributed by atoms with Gasteiger partial charge in [0.15, 0.2) is 5.78 Å². The van der Waals surface area contributed by atoms with Gasteiger partial charge in [-0.05, 0) is 48.9 Å². The van der Waals surface area contributed by atoms with Crippen LogP contribution in [0.5, 0.6) is 0 Å². The Hall–Kier alpha value is -3.68. The van der Waals surface area contributed by atoms with Gasteiger partial charge in [0.05, 0.1) is 12.1 Å². The zero-order chi connectivity index (χ0) is 21.9. The van der Waals surface area contributed by atoms with Crippen LogP contribution in [-0.2, 0) is 12.7 Å². The Morgan fingerprint density at radius 1 is 1.00 bits per heavy atom. The first-order chi connectivity index (χ1) is 14.1. The normalized spacial score (nSPS) is 11.2. The first kappa shape index (κ1) is 21.0. The molecule has 0 aliphatic rings. The second kappa shape index (κ2) is 8.36. The minimum absolute atomic E-state index is 0.0118. The van der Waals surface area contributed by atoms with E-state index in [0.717, 1.165) is 12.1 Å². The minimum Gasteiger partial charge on any atom is -0.322 e. The third-order valence-corrected chi connectivity index (χ3v) is 4.43. The molecule has 3 aromatic rings. The van der Waals surface area contributed by atoms with E-state index in [1.54, 1.807) is 18.2 Å². The standard InChI is InChI=1S/C22H17F3N2O3/c1-14(28)16-4-2-5-18(12-16)26-20(29)19-6-3-11-27(21(19)30)13-15-7-9-17(10-8-15)22(23,24)25/h2-12H,13H2,1H3,(H,26,29). The molecule has 0 unspecified atom stereocenters. The lowest BCUT2D eigenvalue weighted by Crippen LogP contribution is -2.29. The van der Waals surface area contributed by atoms with Crippen molar-refractivity contribution < 1.29 is 22.8 Å². The molecule has 3 rings (SSSR count). The number of anilines is 1. The molecule has 1 aromatic heterocycles. The molecule has 0 fully saturated rings. The fourth-order valence-electron chi connectivity index (χ4n) is 2.84. The Kier molecular flexibility index (Phi) is 5.86. The van der Waals surface area contributed by atoms with Crippen molar-refractivity contribution >= 4 is 17.4 Å². The first-order valence-electron chi connectivity index (χ1n) is 8.93. The van der Waals surface area contributed by atoms with E-state index in [0.29, 0.717) is 16.8 Å².